The summed E-state index contributed by atoms with van der Waals surface area (Å²) in [6, 6.07) is 15.2. The van der Waals surface area contributed by atoms with Crippen molar-refractivity contribution in [1.29, 1.82) is 0 Å². The highest BCUT2D eigenvalue weighted by Gasteiger charge is 2.26. The molecular formula is C25H33N3O4S. The Kier molecular flexibility index (Phi) is 8.14. The summed E-state index contributed by atoms with van der Waals surface area (Å²) in [5.74, 6) is -0.00371. The van der Waals surface area contributed by atoms with Crippen molar-refractivity contribution in [2.24, 2.45) is 0 Å². The molecule has 0 aliphatic carbocycles. The molecule has 178 valence electrons. The van der Waals surface area contributed by atoms with Gasteiger partial charge in [-0.15, -0.1) is 0 Å². The van der Waals surface area contributed by atoms with E-state index >= 15 is 0 Å². The number of likely N-dealkylation sites (tertiary alicyclic amines) is 1. The fraction of sp³-hybridized carbons (Fsp3) is 0.480. The molecule has 0 unspecified atom stereocenters. The van der Waals surface area contributed by atoms with E-state index in [1.165, 1.54) is 22.7 Å². The molecule has 0 bridgehead atoms. The monoisotopic (exact) mass is 471 g/mol. The first-order chi connectivity index (χ1) is 16.0. The highest BCUT2D eigenvalue weighted by molar-refractivity contribution is 7.89. The molecule has 33 heavy (non-hydrogen) atoms. The molecule has 8 heteroatoms. The number of carbonyl (C=O) groups excluding carboxylic acids is 1. The first-order valence-electron chi connectivity index (χ1n) is 11.7. The zero-order valence-electron chi connectivity index (χ0n) is 19.0. The van der Waals surface area contributed by atoms with Crippen molar-refractivity contribution in [3.63, 3.8) is 0 Å². The second-order valence-electron chi connectivity index (χ2n) is 8.69. The molecule has 0 radical (unpaired) electrons. The van der Waals surface area contributed by atoms with Gasteiger partial charge in [0.2, 0.25) is 15.9 Å². The lowest BCUT2D eigenvalue weighted by Gasteiger charge is -2.26. The van der Waals surface area contributed by atoms with Crippen molar-refractivity contribution in [2.45, 2.75) is 43.7 Å². The molecule has 2 aliphatic rings. The van der Waals surface area contributed by atoms with Crippen molar-refractivity contribution in [2.75, 3.05) is 39.4 Å². The minimum absolute atomic E-state index is 0.00371. The van der Waals surface area contributed by atoms with Gasteiger partial charge in [-0.1, -0.05) is 36.4 Å². The van der Waals surface area contributed by atoms with Crippen molar-refractivity contribution >= 4 is 15.9 Å². The van der Waals surface area contributed by atoms with E-state index in [9.17, 15) is 13.2 Å². The highest BCUT2D eigenvalue weighted by atomic mass is 32.2. The van der Waals surface area contributed by atoms with Crippen LogP contribution in [0.25, 0.3) is 0 Å². The number of hydrogen-bond acceptors (Lipinski definition) is 5. The average molecular weight is 472 g/mol. The maximum atomic E-state index is 12.7. The summed E-state index contributed by atoms with van der Waals surface area (Å²) in [4.78, 5) is 15.2. The number of carbonyl (C=O) groups is 1. The zero-order valence-corrected chi connectivity index (χ0v) is 19.9. The molecule has 2 aromatic rings. The Hall–Kier alpha value is -2.26. The number of nitrogens with one attached hydrogen (secondary N) is 1. The van der Waals surface area contributed by atoms with Gasteiger partial charge in [0.05, 0.1) is 18.1 Å². The predicted molar refractivity (Wildman–Crippen MR) is 127 cm³/mol. The van der Waals surface area contributed by atoms with E-state index in [1.54, 1.807) is 24.3 Å². The van der Waals surface area contributed by atoms with Crippen LogP contribution in [0, 0.1) is 0 Å². The Balaban J connectivity index is 1.26. The normalized spacial score (nSPS) is 17.8. The van der Waals surface area contributed by atoms with E-state index in [-0.39, 0.29) is 10.8 Å². The molecule has 0 spiro atoms. The van der Waals surface area contributed by atoms with Crippen LogP contribution >= 0.6 is 0 Å². The molecule has 2 heterocycles. The van der Waals surface area contributed by atoms with Gasteiger partial charge in [0.1, 0.15) is 0 Å². The fourth-order valence-electron chi connectivity index (χ4n) is 4.37. The molecule has 0 aromatic heterocycles. The fourth-order valence-corrected chi connectivity index (χ4v) is 5.78. The molecule has 2 aliphatic heterocycles. The lowest BCUT2D eigenvalue weighted by atomic mass is 10.1. The van der Waals surface area contributed by atoms with Gasteiger partial charge in [0, 0.05) is 32.6 Å². The standard InChI is InChI=1S/C25H33N3O4S/c29-25(26-19-22-5-1-2-6-23(22)20-27-13-3-4-14-27)12-9-21-7-10-24(11-8-21)33(30,31)28-15-17-32-18-16-28/h1-2,5-8,10-11H,3-4,9,12-20H2,(H,26,29). The zero-order chi connectivity index (χ0) is 23.1. The van der Waals surface area contributed by atoms with Crippen molar-refractivity contribution in [1.82, 2.24) is 14.5 Å². The lowest BCUT2D eigenvalue weighted by Crippen LogP contribution is -2.40. The Morgan fingerprint density at radius 3 is 2.27 bits per heavy atom. The minimum Gasteiger partial charge on any atom is -0.379 e. The lowest BCUT2D eigenvalue weighted by molar-refractivity contribution is -0.121. The quantitative estimate of drug-likeness (QED) is 0.608. The van der Waals surface area contributed by atoms with Crippen LogP contribution in [0.2, 0.25) is 0 Å². The van der Waals surface area contributed by atoms with Gasteiger partial charge < -0.3 is 10.1 Å². The van der Waals surface area contributed by atoms with Crippen LogP contribution in [0.15, 0.2) is 53.4 Å². The number of ether oxygens (including phenoxy) is 1. The van der Waals surface area contributed by atoms with Crippen LogP contribution < -0.4 is 5.32 Å². The van der Waals surface area contributed by atoms with Gasteiger partial charge in [0.15, 0.2) is 0 Å². The third kappa shape index (κ3) is 6.41. The summed E-state index contributed by atoms with van der Waals surface area (Å²) in [6.45, 7) is 5.37. The second kappa shape index (κ2) is 11.2. The van der Waals surface area contributed by atoms with Gasteiger partial charge in [-0.25, -0.2) is 8.42 Å². The first kappa shape index (κ1) is 23.9. The molecule has 7 nitrogen and oxygen atoms in total. The number of amides is 1. The van der Waals surface area contributed by atoms with Crippen LogP contribution in [-0.2, 0) is 39.1 Å². The van der Waals surface area contributed by atoms with E-state index in [4.69, 9.17) is 4.74 Å². The molecule has 4 rings (SSSR count). The van der Waals surface area contributed by atoms with E-state index < -0.39 is 10.0 Å². The van der Waals surface area contributed by atoms with Crippen molar-refractivity contribution in [3.8, 4) is 0 Å². The first-order valence-corrected chi connectivity index (χ1v) is 13.2. The number of aryl methyl sites for hydroxylation is 1. The third-order valence-electron chi connectivity index (χ3n) is 6.36. The number of sulfonamides is 1. The number of benzene rings is 2. The number of hydrogen-bond donors (Lipinski definition) is 1. The largest absolute Gasteiger partial charge is 0.379 e. The van der Waals surface area contributed by atoms with Crippen LogP contribution in [0.4, 0.5) is 0 Å². The Labute approximate surface area is 196 Å². The number of rotatable bonds is 9. The minimum atomic E-state index is -3.49. The van der Waals surface area contributed by atoms with E-state index in [0.717, 1.165) is 30.8 Å². The Bertz CT molecular complexity index is 1030. The average Bonchev–Trinajstić information content (AvgIpc) is 3.36. The van der Waals surface area contributed by atoms with Gasteiger partial charge in [-0.05, 0) is 61.2 Å². The number of nitrogens with zero attached hydrogens (tertiary/aromatic N) is 2. The van der Waals surface area contributed by atoms with Crippen LogP contribution in [0.5, 0.6) is 0 Å². The smallest absolute Gasteiger partial charge is 0.243 e. The molecule has 2 saturated heterocycles. The van der Waals surface area contributed by atoms with Crippen LogP contribution in [-0.4, -0.2) is 62.9 Å². The Morgan fingerprint density at radius 1 is 0.909 bits per heavy atom. The van der Waals surface area contributed by atoms with Crippen LogP contribution in [0.1, 0.15) is 36.0 Å². The van der Waals surface area contributed by atoms with Crippen LogP contribution in [0.3, 0.4) is 0 Å². The van der Waals surface area contributed by atoms with E-state index in [2.05, 4.69) is 28.4 Å². The van der Waals surface area contributed by atoms with Gasteiger partial charge in [-0.3, -0.25) is 9.69 Å². The summed E-state index contributed by atoms with van der Waals surface area (Å²) in [5, 5.41) is 3.04. The SMILES string of the molecule is O=C(CCc1ccc(S(=O)(=O)N2CCOCC2)cc1)NCc1ccccc1CN1CCCC1. The van der Waals surface area contributed by atoms with Gasteiger partial charge in [-0.2, -0.15) is 4.31 Å². The summed E-state index contributed by atoms with van der Waals surface area (Å²) in [5.41, 5.74) is 3.38. The molecule has 1 amide bonds. The second-order valence-corrected chi connectivity index (χ2v) is 10.6. The van der Waals surface area contributed by atoms with Crippen molar-refractivity contribution in [3.05, 3.63) is 65.2 Å². The maximum Gasteiger partial charge on any atom is 0.243 e. The molecule has 2 aromatic carbocycles. The van der Waals surface area contributed by atoms with E-state index in [0.29, 0.717) is 45.7 Å². The maximum absolute atomic E-state index is 12.7. The molecule has 0 saturated carbocycles. The Morgan fingerprint density at radius 2 is 1.58 bits per heavy atom. The molecule has 0 atom stereocenters. The number of morpholine rings is 1. The van der Waals surface area contributed by atoms with Crippen molar-refractivity contribution < 1.29 is 17.9 Å². The highest BCUT2D eigenvalue weighted by Crippen LogP contribution is 2.19. The third-order valence-corrected chi connectivity index (χ3v) is 8.27. The summed E-state index contributed by atoms with van der Waals surface area (Å²) in [7, 11) is -3.49. The molecular weight excluding hydrogens is 438 g/mol. The summed E-state index contributed by atoms with van der Waals surface area (Å²) >= 11 is 0. The summed E-state index contributed by atoms with van der Waals surface area (Å²) in [6.07, 6.45) is 3.46. The molecule has 2 fully saturated rings. The van der Waals surface area contributed by atoms with Gasteiger partial charge in [0.25, 0.3) is 0 Å². The topological polar surface area (TPSA) is 79.0 Å². The van der Waals surface area contributed by atoms with E-state index in [1.807, 2.05) is 6.07 Å². The predicted octanol–water partition coefficient (Wildman–Crippen LogP) is 2.55. The summed E-state index contributed by atoms with van der Waals surface area (Å²) < 4.78 is 32.1. The van der Waals surface area contributed by atoms with Gasteiger partial charge >= 0.3 is 0 Å². The molecule has 1 N–H and O–H groups in total.